The van der Waals surface area contributed by atoms with Gasteiger partial charge in [0.05, 0.1) is 11.6 Å². The molecule has 0 atom stereocenters. The van der Waals surface area contributed by atoms with E-state index in [-0.39, 0.29) is 11.9 Å². The van der Waals surface area contributed by atoms with Crippen LogP contribution in [0.3, 0.4) is 0 Å². The molecule has 0 bridgehead atoms. The Balaban J connectivity index is 2.77. The maximum atomic E-state index is 12.0. The van der Waals surface area contributed by atoms with E-state index >= 15 is 0 Å². The number of carbonyl (C=O) groups is 1. The summed E-state index contributed by atoms with van der Waals surface area (Å²) >= 11 is 0. The van der Waals surface area contributed by atoms with E-state index in [1.807, 2.05) is 37.8 Å². The predicted molar refractivity (Wildman–Crippen MR) is 71.8 cm³/mol. The molecule has 0 aliphatic rings. The van der Waals surface area contributed by atoms with E-state index in [0.29, 0.717) is 18.5 Å². The lowest BCUT2D eigenvalue weighted by atomic mass is 10.1. The quantitative estimate of drug-likeness (QED) is 0.798. The number of benzene rings is 1. The van der Waals surface area contributed by atoms with Gasteiger partial charge < -0.3 is 4.90 Å². The van der Waals surface area contributed by atoms with Crippen molar-refractivity contribution in [3.8, 4) is 6.07 Å². The Morgan fingerprint density at radius 1 is 1.33 bits per heavy atom. The number of amides is 1. The van der Waals surface area contributed by atoms with Crippen molar-refractivity contribution in [2.45, 2.75) is 46.2 Å². The minimum absolute atomic E-state index is 0.192. The minimum Gasteiger partial charge on any atom is -0.336 e. The first-order valence-electron chi connectivity index (χ1n) is 6.37. The molecule has 0 fully saturated rings. The van der Waals surface area contributed by atoms with Gasteiger partial charge >= 0.3 is 0 Å². The van der Waals surface area contributed by atoms with Gasteiger partial charge in [-0.3, -0.25) is 4.79 Å². The van der Waals surface area contributed by atoms with Crippen LogP contribution in [0.25, 0.3) is 0 Å². The van der Waals surface area contributed by atoms with Gasteiger partial charge in [0.25, 0.3) is 0 Å². The number of hydrogen-bond donors (Lipinski definition) is 0. The molecule has 1 aromatic carbocycles. The zero-order valence-corrected chi connectivity index (χ0v) is 11.3. The van der Waals surface area contributed by atoms with Gasteiger partial charge in [-0.1, -0.05) is 19.1 Å². The summed E-state index contributed by atoms with van der Waals surface area (Å²) in [6.45, 7) is 6.68. The Hall–Kier alpha value is -1.82. The lowest BCUT2D eigenvalue weighted by molar-refractivity contribution is -0.133. The van der Waals surface area contributed by atoms with E-state index in [0.717, 1.165) is 12.0 Å². The summed E-state index contributed by atoms with van der Waals surface area (Å²) < 4.78 is 0. The van der Waals surface area contributed by atoms with Gasteiger partial charge in [-0.05, 0) is 38.0 Å². The number of rotatable bonds is 5. The topological polar surface area (TPSA) is 44.1 Å². The molecule has 0 unspecified atom stereocenters. The average Bonchev–Trinajstić information content (AvgIpc) is 2.36. The van der Waals surface area contributed by atoms with E-state index in [1.54, 1.807) is 12.1 Å². The second kappa shape index (κ2) is 6.80. The van der Waals surface area contributed by atoms with Crippen molar-refractivity contribution in [1.82, 2.24) is 4.90 Å². The molecule has 0 aliphatic heterocycles. The molecular formula is C15H20N2O. The lowest BCUT2D eigenvalue weighted by Gasteiger charge is -2.27. The third-order valence-electron chi connectivity index (χ3n) is 2.84. The molecule has 96 valence electrons. The van der Waals surface area contributed by atoms with Gasteiger partial charge in [-0.25, -0.2) is 0 Å². The molecule has 0 heterocycles. The first-order valence-corrected chi connectivity index (χ1v) is 6.37. The predicted octanol–water partition coefficient (Wildman–Crippen LogP) is 3.10. The van der Waals surface area contributed by atoms with Gasteiger partial charge in [-0.2, -0.15) is 5.26 Å². The normalized spacial score (nSPS) is 10.2. The molecule has 3 nitrogen and oxygen atoms in total. The molecule has 0 aromatic heterocycles. The molecule has 0 radical (unpaired) electrons. The minimum atomic E-state index is 0.192. The van der Waals surface area contributed by atoms with Crippen LogP contribution in [0.15, 0.2) is 24.3 Å². The number of hydrogen-bond acceptors (Lipinski definition) is 2. The zero-order valence-electron chi connectivity index (χ0n) is 11.3. The average molecular weight is 244 g/mol. The first-order chi connectivity index (χ1) is 8.58. The monoisotopic (exact) mass is 244 g/mol. The Bertz CT molecular complexity index is 429. The van der Waals surface area contributed by atoms with Crippen LogP contribution >= 0.6 is 0 Å². The Labute approximate surface area is 109 Å². The summed E-state index contributed by atoms with van der Waals surface area (Å²) in [5.74, 6) is 0.192. The Morgan fingerprint density at radius 3 is 2.39 bits per heavy atom. The highest BCUT2D eigenvalue weighted by molar-refractivity contribution is 5.76. The summed E-state index contributed by atoms with van der Waals surface area (Å²) in [4.78, 5) is 13.9. The van der Waals surface area contributed by atoms with Crippen molar-refractivity contribution in [3.05, 3.63) is 35.4 Å². The van der Waals surface area contributed by atoms with Crippen molar-refractivity contribution in [2.75, 3.05) is 0 Å². The van der Waals surface area contributed by atoms with E-state index in [1.165, 1.54) is 0 Å². The Kier molecular flexibility index (Phi) is 5.38. The fourth-order valence-electron chi connectivity index (χ4n) is 1.80. The van der Waals surface area contributed by atoms with Crippen LogP contribution in [0, 0.1) is 11.3 Å². The van der Waals surface area contributed by atoms with Crippen molar-refractivity contribution < 1.29 is 4.79 Å². The molecule has 0 saturated heterocycles. The molecule has 18 heavy (non-hydrogen) atoms. The van der Waals surface area contributed by atoms with Crippen LogP contribution in [-0.4, -0.2) is 16.8 Å². The van der Waals surface area contributed by atoms with E-state index in [4.69, 9.17) is 5.26 Å². The summed E-state index contributed by atoms with van der Waals surface area (Å²) in [7, 11) is 0. The fraction of sp³-hybridized carbons (Fsp3) is 0.467. The number of nitrogens with zero attached hydrogens (tertiary/aromatic N) is 2. The molecule has 0 saturated carbocycles. The zero-order chi connectivity index (χ0) is 13.5. The van der Waals surface area contributed by atoms with Gasteiger partial charge in [0.2, 0.25) is 5.91 Å². The molecule has 1 rings (SSSR count). The van der Waals surface area contributed by atoms with Crippen LogP contribution in [0.4, 0.5) is 0 Å². The first kappa shape index (κ1) is 14.2. The number of nitriles is 1. The molecule has 0 N–H and O–H groups in total. The maximum Gasteiger partial charge on any atom is 0.223 e. The number of carbonyl (C=O) groups excluding carboxylic acids is 1. The van der Waals surface area contributed by atoms with Crippen LogP contribution in [0.1, 0.15) is 44.7 Å². The standard InChI is InChI=1S/C15H20N2O/c1-4-5-15(18)17(12(2)3)11-14-8-6-13(10-16)7-9-14/h6-9,12H,4-5,11H2,1-3H3. The third kappa shape index (κ3) is 3.89. The highest BCUT2D eigenvalue weighted by Crippen LogP contribution is 2.11. The van der Waals surface area contributed by atoms with Crippen molar-refractivity contribution >= 4 is 5.91 Å². The van der Waals surface area contributed by atoms with Crippen molar-refractivity contribution in [3.63, 3.8) is 0 Å². The van der Waals surface area contributed by atoms with Gasteiger partial charge in [0.15, 0.2) is 0 Å². The fourth-order valence-corrected chi connectivity index (χ4v) is 1.80. The van der Waals surface area contributed by atoms with Crippen LogP contribution < -0.4 is 0 Å². The van der Waals surface area contributed by atoms with Crippen LogP contribution in [-0.2, 0) is 11.3 Å². The maximum absolute atomic E-state index is 12.0. The second-order valence-corrected chi connectivity index (χ2v) is 4.67. The molecule has 1 amide bonds. The Morgan fingerprint density at radius 2 is 1.94 bits per heavy atom. The van der Waals surface area contributed by atoms with Crippen molar-refractivity contribution in [2.24, 2.45) is 0 Å². The molecule has 0 spiro atoms. The molecule has 1 aromatic rings. The smallest absolute Gasteiger partial charge is 0.223 e. The SMILES string of the molecule is CCCC(=O)N(Cc1ccc(C#N)cc1)C(C)C. The molecule has 3 heteroatoms. The van der Waals surface area contributed by atoms with Crippen LogP contribution in [0.2, 0.25) is 0 Å². The van der Waals surface area contributed by atoms with Gasteiger partial charge in [-0.15, -0.1) is 0 Å². The summed E-state index contributed by atoms with van der Waals surface area (Å²) in [5.41, 5.74) is 1.71. The molecule has 0 aliphatic carbocycles. The van der Waals surface area contributed by atoms with Gasteiger partial charge in [0.1, 0.15) is 0 Å². The largest absolute Gasteiger partial charge is 0.336 e. The highest BCUT2D eigenvalue weighted by Gasteiger charge is 2.16. The van der Waals surface area contributed by atoms with Crippen molar-refractivity contribution in [1.29, 1.82) is 5.26 Å². The summed E-state index contributed by atoms with van der Waals surface area (Å²) in [6, 6.07) is 9.69. The second-order valence-electron chi connectivity index (χ2n) is 4.67. The van der Waals surface area contributed by atoms with E-state index < -0.39 is 0 Å². The van der Waals surface area contributed by atoms with E-state index in [9.17, 15) is 4.79 Å². The lowest BCUT2D eigenvalue weighted by Crippen LogP contribution is -2.36. The van der Waals surface area contributed by atoms with Gasteiger partial charge in [0, 0.05) is 19.0 Å². The summed E-state index contributed by atoms with van der Waals surface area (Å²) in [6.07, 6.45) is 1.46. The third-order valence-corrected chi connectivity index (χ3v) is 2.84. The van der Waals surface area contributed by atoms with Crippen LogP contribution in [0.5, 0.6) is 0 Å². The summed E-state index contributed by atoms with van der Waals surface area (Å²) in [5, 5.41) is 8.74. The highest BCUT2D eigenvalue weighted by atomic mass is 16.2. The van der Waals surface area contributed by atoms with E-state index in [2.05, 4.69) is 6.07 Å². The molecular weight excluding hydrogens is 224 g/mol.